The molecule has 2 rings (SSSR count). The van der Waals surface area contributed by atoms with Crippen LogP contribution in [-0.2, 0) is 9.53 Å². The molecule has 1 saturated carbocycles. The third-order valence-electron chi connectivity index (χ3n) is 5.86. The molecule has 0 aromatic carbocycles. The van der Waals surface area contributed by atoms with Crippen LogP contribution in [0, 0.1) is 11.3 Å². The van der Waals surface area contributed by atoms with Crippen LogP contribution in [0.15, 0.2) is 0 Å². The molecule has 3 N–H and O–H groups in total. The SMILES string of the molecule is CCN(CC)CC(C)NC(=O)C1(N)C2CCCOC2C1(C)C. The number of ether oxygens (including phenoxy) is 1. The quantitative estimate of drug-likeness (QED) is 0.777. The first-order valence-electron chi connectivity index (χ1n) is 8.72. The van der Waals surface area contributed by atoms with Crippen LogP contribution in [0.4, 0.5) is 0 Å². The molecule has 0 aromatic heterocycles. The third kappa shape index (κ3) is 2.68. The summed E-state index contributed by atoms with van der Waals surface area (Å²) in [6.45, 7) is 14.1. The van der Waals surface area contributed by atoms with Gasteiger partial charge in [0, 0.05) is 30.5 Å². The fourth-order valence-corrected chi connectivity index (χ4v) is 4.29. The van der Waals surface area contributed by atoms with Crippen molar-refractivity contribution in [1.82, 2.24) is 10.2 Å². The van der Waals surface area contributed by atoms with E-state index in [4.69, 9.17) is 10.5 Å². The molecule has 1 aliphatic carbocycles. The molecule has 5 nitrogen and oxygen atoms in total. The smallest absolute Gasteiger partial charge is 0.241 e. The molecule has 128 valence electrons. The maximum absolute atomic E-state index is 12.9. The highest BCUT2D eigenvalue weighted by atomic mass is 16.5. The van der Waals surface area contributed by atoms with Crippen LogP contribution < -0.4 is 11.1 Å². The molecule has 1 saturated heterocycles. The molecule has 1 heterocycles. The summed E-state index contributed by atoms with van der Waals surface area (Å²) in [7, 11) is 0. The van der Waals surface area contributed by atoms with Crippen molar-refractivity contribution in [2.45, 2.75) is 65.1 Å². The number of hydrogen-bond acceptors (Lipinski definition) is 4. The first kappa shape index (κ1) is 17.7. The lowest BCUT2D eigenvalue weighted by Gasteiger charge is -2.65. The summed E-state index contributed by atoms with van der Waals surface area (Å²) in [5.41, 5.74) is 5.50. The maximum Gasteiger partial charge on any atom is 0.241 e. The van der Waals surface area contributed by atoms with Crippen molar-refractivity contribution in [2.24, 2.45) is 17.1 Å². The Labute approximate surface area is 134 Å². The van der Waals surface area contributed by atoms with Gasteiger partial charge in [0.15, 0.2) is 0 Å². The van der Waals surface area contributed by atoms with E-state index in [0.717, 1.165) is 39.1 Å². The van der Waals surface area contributed by atoms with Crippen molar-refractivity contribution in [3.63, 3.8) is 0 Å². The monoisotopic (exact) mass is 311 g/mol. The van der Waals surface area contributed by atoms with Gasteiger partial charge in [-0.25, -0.2) is 0 Å². The highest BCUT2D eigenvalue weighted by Gasteiger charge is 2.70. The second-order valence-electron chi connectivity index (χ2n) is 7.49. The molecule has 1 aliphatic heterocycles. The Morgan fingerprint density at radius 2 is 2.05 bits per heavy atom. The first-order valence-corrected chi connectivity index (χ1v) is 8.72. The fourth-order valence-electron chi connectivity index (χ4n) is 4.29. The zero-order chi connectivity index (χ0) is 16.5. The van der Waals surface area contributed by atoms with Crippen molar-refractivity contribution >= 4 is 5.91 Å². The molecule has 5 heteroatoms. The van der Waals surface area contributed by atoms with E-state index in [1.54, 1.807) is 0 Å². The second kappa shape index (κ2) is 6.46. The van der Waals surface area contributed by atoms with Crippen molar-refractivity contribution in [1.29, 1.82) is 0 Å². The Bertz CT molecular complexity index is 409. The van der Waals surface area contributed by atoms with Crippen LogP contribution in [0.25, 0.3) is 0 Å². The van der Waals surface area contributed by atoms with E-state index in [0.29, 0.717) is 0 Å². The zero-order valence-corrected chi connectivity index (χ0v) is 14.8. The number of carbonyl (C=O) groups is 1. The largest absolute Gasteiger partial charge is 0.377 e. The molecule has 2 fully saturated rings. The second-order valence-corrected chi connectivity index (χ2v) is 7.49. The van der Waals surface area contributed by atoms with Gasteiger partial charge in [-0.3, -0.25) is 4.79 Å². The number of fused-ring (bicyclic) bond motifs is 1. The first-order chi connectivity index (χ1) is 10.3. The van der Waals surface area contributed by atoms with E-state index in [-0.39, 0.29) is 29.4 Å². The molecule has 0 spiro atoms. The van der Waals surface area contributed by atoms with E-state index in [9.17, 15) is 4.79 Å². The van der Waals surface area contributed by atoms with Crippen LogP contribution in [0.1, 0.15) is 47.5 Å². The zero-order valence-electron chi connectivity index (χ0n) is 14.8. The van der Waals surface area contributed by atoms with Crippen molar-refractivity contribution < 1.29 is 9.53 Å². The number of nitrogens with one attached hydrogen (secondary N) is 1. The molecular formula is C17H33N3O2. The highest BCUT2D eigenvalue weighted by Crippen LogP contribution is 2.57. The summed E-state index contributed by atoms with van der Waals surface area (Å²) in [4.78, 5) is 15.2. The Morgan fingerprint density at radius 3 is 2.64 bits per heavy atom. The standard InChI is InChI=1S/C17H33N3O2/c1-6-20(7-2)11-12(3)19-15(21)17(18)13-9-8-10-22-14(13)16(17,4)5/h12-14H,6-11,18H2,1-5H3,(H,19,21). The number of rotatable bonds is 6. The fraction of sp³-hybridized carbons (Fsp3) is 0.941. The minimum absolute atomic E-state index is 0.0103. The van der Waals surface area contributed by atoms with E-state index in [1.165, 1.54) is 0 Å². The molecule has 2 aliphatic rings. The van der Waals surface area contributed by atoms with Gasteiger partial charge in [-0.05, 0) is 32.9 Å². The molecule has 0 aromatic rings. The van der Waals surface area contributed by atoms with Crippen molar-refractivity contribution in [3.05, 3.63) is 0 Å². The number of likely N-dealkylation sites (N-methyl/N-ethyl adjacent to an activating group) is 1. The Balaban J connectivity index is 2.02. The number of nitrogens with zero attached hydrogens (tertiary/aromatic N) is 1. The summed E-state index contributed by atoms with van der Waals surface area (Å²) in [5, 5.41) is 3.15. The molecule has 0 bridgehead atoms. The Kier molecular flexibility index (Phi) is 5.20. The van der Waals surface area contributed by atoms with Crippen molar-refractivity contribution in [3.8, 4) is 0 Å². The molecule has 4 atom stereocenters. The summed E-state index contributed by atoms with van der Waals surface area (Å²) < 4.78 is 5.87. The predicted molar refractivity (Wildman–Crippen MR) is 88.6 cm³/mol. The van der Waals surface area contributed by atoms with Gasteiger partial charge in [0.05, 0.1) is 6.10 Å². The minimum atomic E-state index is -0.810. The average Bonchev–Trinajstić information content (AvgIpc) is 2.51. The highest BCUT2D eigenvalue weighted by molar-refractivity contribution is 5.89. The summed E-state index contributed by atoms with van der Waals surface area (Å²) in [6, 6.07) is 0.104. The lowest BCUT2D eigenvalue weighted by Crippen LogP contribution is -2.82. The molecule has 22 heavy (non-hydrogen) atoms. The van der Waals surface area contributed by atoms with Crippen LogP contribution in [0.3, 0.4) is 0 Å². The topological polar surface area (TPSA) is 67.6 Å². The van der Waals surface area contributed by atoms with Crippen molar-refractivity contribution in [2.75, 3.05) is 26.2 Å². The number of hydrogen-bond donors (Lipinski definition) is 2. The van der Waals surface area contributed by atoms with Gasteiger partial charge in [0.2, 0.25) is 5.91 Å². The third-order valence-corrected chi connectivity index (χ3v) is 5.86. The van der Waals surface area contributed by atoms with Gasteiger partial charge in [-0.1, -0.05) is 27.7 Å². The normalized spacial score (nSPS) is 34.7. The van der Waals surface area contributed by atoms with Gasteiger partial charge in [-0.15, -0.1) is 0 Å². The number of amides is 1. The lowest BCUT2D eigenvalue weighted by molar-refractivity contribution is -0.225. The predicted octanol–water partition coefficient (Wildman–Crippen LogP) is 1.37. The van der Waals surface area contributed by atoms with E-state index in [2.05, 4.69) is 44.8 Å². The number of carbonyl (C=O) groups excluding carboxylic acids is 1. The van der Waals surface area contributed by atoms with E-state index in [1.807, 2.05) is 0 Å². The van der Waals surface area contributed by atoms with E-state index >= 15 is 0 Å². The van der Waals surface area contributed by atoms with E-state index < -0.39 is 5.54 Å². The van der Waals surface area contributed by atoms with Crippen LogP contribution >= 0.6 is 0 Å². The van der Waals surface area contributed by atoms with Crippen LogP contribution in [0.5, 0.6) is 0 Å². The Morgan fingerprint density at radius 1 is 1.41 bits per heavy atom. The summed E-state index contributed by atoms with van der Waals surface area (Å²) >= 11 is 0. The van der Waals surface area contributed by atoms with Gasteiger partial charge in [0.1, 0.15) is 5.54 Å². The summed E-state index contributed by atoms with van der Waals surface area (Å²) in [6.07, 6.45) is 2.11. The average molecular weight is 311 g/mol. The maximum atomic E-state index is 12.9. The molecular weight excluding hydrogens is 278 g/mol. The minimum Gasteiger partial charge on any atom is -0.377 e. The summed E-state index contributed by atoms with van der Waals surface area (Å²) in [5.74, 6) is 0.140. The van der Waals surface area contributed by atoms with Gasteiger partial charge >= 0.3 is 0 Å². The molecule has 0 radical (unpaired) electrons. The van der Waals surface area contributed by atoms with Crippen LogP contribution in [-0.4, -0.2) is 54.7 Å². The van der Waals surface area contributed by atoms with Gasteiger partial charge in [-0.2, -0.15) is 0 Å². The molecule has 4 unspecified atom stereocenters. The van der Waals surface area contributed by atoms with Gasteiger partial charge < -0.3 is 20.7 Å². The Hall–Kier alpha value is -0.650. The van der Waals surface area contributed by atoms with Crippen LogP contribution in [0.2, 0.25) is 0 Å². The number of nitrogens with two attached hydrogens (primary N) is 1. The van der Waals surface area contributed by atoms with Gasteiger partial charge in [0.25, 0.3) is 0 Å². The lowest BCUT2D eigenvalue weighted by atomic mass is 9.46. The molecule has 1 amide bonds.